The second-order valence-corrected chi connectivity index (χ2v) is 4.18. The first-order valence-electron chi connectivity index (χ1n) is 5.43. The van der Waals surface area contributed by atoms with Crippen molar-refractivity contribution >= 4 is 22.8 Å². The van der Waals surface area contributed by atoms with Gasteiger partial charge in [0.05, 0.1) is 18.2 Å². The smallest absolute Gasteiger partial charge is 0.179 e. The van der Waals surface area contributed by atoms with Crippen LogP contribution in [0.2, 0.25) is 5.15 Å². The lowest BCUT2D eigenvalue weighted by Crippen LogP contribution is -1.88. The lowest BCUT2D eigenvalue weighted by molar-refractivity contribution is 0.416. The first-order chi connectivity index (χ1) is 8.78. The number of aromatic amines is 1. The van der Waals surface area contributed by atoms with Crippen LogP contribution in [0.1, 0.15) is 0 Å². The van der Waals surface area contributed by atoms with Gasteiger partial charge >= 0.3 is 0 Å². The number of rotatable bonds is 2. The molecule has 1 N–H and O–H groups in total. The van der Waals surface area contributed by atoms with E-state index in [1.807, 2.05) is 30.3 Å². The Morgan fingerprint density at radius 3 is 2.78 bits per heavy atom. The molecule has 5 heteroatoms. The zero-order chi connectivity index (χ0) is 12.5. The van der Waals surface area contributed by atoms with Crippen molar-refractivity contribution in [3.05, 3.63) is 41.6 Å². The van der Waals surface area contributed by atoms with Crippen molar-refractivity contribution in [3.63, 3.8) is 0 Å². The van der Waals surface area contributed by atoms with Gasteiger partial charge in [0.25, 0.3) is 0 Å². The Balaban J connectivity index is 2.19. The average Bonchev–Trinajstić information content (AvgIpc) is 2.81. The fourth-order valence-electron chi connectivity index (χ4n) is 1.84. The molecular weight excluding hydrogens is 250 g/mol. The SMILES string of the molecule is COc1ccccc1-c1nc2nc(Cl)ccc2[nH]1. The number of hydrogen-bond donors (Lipinski definition) is 1. The number of methoxy groups -OCH3 is 1. The molecule has 0 aliphatic heterocycles. The molecule has 3 rings (SSSR count). The van der Waals surface area contributed by atoms with Crippen molar-refractivity contribution in [1.82, 2.24) is 15.0 Å². The molecule has 4 nitrogen and oxygen atoms in total. The zero-order valence-corrected chi connectivity index (χ0v) is 10.4. The van der Waals surface area contributed by atoms with Crippen molar-refractivity contribution in [3.8, 4) is 17.1 Å². The van der Waals surface area contributed by atoms with Gasteiger partial charge < -0.3 is 9.72 Å². The Labute approximate surface area is 109 Å². The molecule has 0 fully saturated rings. The molecule has 3 aromatic rings. The number of hydrogen-bond acceptors (Lipinski definition) is 3. The van der Waals surface area contributed by atoms with Crippen LogP contribution in [0.5, 0.6) is 5.75 Å². The number of para-hydroxylation sites is 1. The van der Waals surface area contributed by atoms with Gasteiger partial charge in [-0.25, -0.2) is 9.97 Å². The molecule has 0 aliphatic carbocycles. The van der Waals surface area contributed by atoms with E-state index in [1.165, 1.54) is 0 Å². The van der Waals surface area contributed by atoms with Gasteiger partial charge in [0, 0.05) is 0 Å². The third-order valence-corrected chi connectivity index (χ3v) is 2.88. The van der Waals surface area contributed by atoms with Gasteiger partial charge in [-0.3, -0.25) is 0 Å². The maximum atomic E-state index is 5.84. The summed E-state index contributed by atoms with van der Waals surface area (Å²) in [5.74, 6) is 1.49. The summed E-state index contributed by atoms with van der Waals surface area (Å²) in [4.78, 5) is 11.8. The molecule has 2 heterocycles. The predicted molar refractivity (Wildman–Crippen MR) is 70.9 cm³/mol. The van der Waals surface area contributed by atoms with Crippen molar-refractivity contribution in [2.24, 2.45) is 0 Å². The summed E-state index contributed by atoms with van der Waals surface area (Å²) in [5.41, 5.74) is 2.35. The summed E-state index contributed by atoms with van der Waals surface area (Å²) in [7, 11) is 1.64. The minimum Gasteiger partial charge on any atom is -0.496 e. The predicted octanol–water partition coefficient (Wildman–Crippen LogP) is 3.29. The Morgan fingerprint density at radius 1 is 1.11 bits per heavy atom. The molecule has 90 valence electrons. The van der Waals surface area contributed by atoms with E-state index in [1.54, 1.807) is 13.2 Å². The topological polar surface area (TPSA) is 50.8 Å². The normalized spacial score (nSPS) is 10.8. The molecule has 2 aromatic heterocycles. The monoisotopic (exact) mass is 259 g/mol. The molecule has 0 unspecified atom stereocenters. The summed E-state index contributed by atoms with van der Waals surface area (Å²) in [6, 6.07) is 11.3. The first kappa shape index (κ1) is 11.0. The number of nitrogens with one attached hydrogen (secondary N) is 1. The number of H-pyrrole nitrogens is 1. The third kappa shape index (κ3) is 1.80. The van der Waals surface area contributed by atoms with E-state index in [0.717, 1.165) is 22.7 Å². The molecule has 18 heavy (non-hydrogen) atoms. The standard InChI is InChI=1S/C13H10ClN3O/c1-18-10-5-3-2-4-8(10)12-15-9-6-7-11(14)16-13(9)17-12/h2-7H,1H3,(H,15,16,17). The fraction of sp³-hybridized carbons (Fsp3) is 0.0769. The Kier molecular flexibility index (Phi) is 2.64. The molecule has 0 radical (unpaired) electrons. The van der Waals surface area contributed by atoms with E-state index in [2.05, 4.69) is 15.0 Å². The van der Waals surface area contributed by atoms with Crippen LogP contribution in [0.25, 0.3) is 22.6 Å². The highest BCUT2D eigenvalue weighted by atomic mass is 35.5. The van der Waals surface area contributed by atoms with E-state index in [0.29, 0.717) is 10.8 Å². The van der Waals surface area contributed by atoms with E-state index in [4.69, 9.17) is 16.3 Å². The molecule has 0 atom stereocenters. The molecule has 0 amide bonds. The average molecular weight is 260 g/mol. The Morgan fingerprint density at radius 2 is 1.94 bits per heavy atom. The summed E-state index contributed by atoms with van der Waals surface area (Å²) in [6.07, 6.45) is 0. The highest BCUT2D eigenvalue weighted by molar-refractivity contribution is 6.29. The third-order valence-electron chi connectivity index (χ3n) is 2.67. The van der Waals surface area contributed by atoms with Gasteiger partial charge in [-0.2, -0.15) is 0 Å². The van der Waals surface area contributed by atoms with Crippen LogP contribution in [0.15, 0.2) is 36.4 Å². The number of halogens is 1. The molecule has 1 aromatic carbocycles. The maximum Gasteiger partial charge on any atom is 0.179 e. The van der Waals surface area contributed by atoms with Gasteiger partial charge in [-0.15, -0.1) is 0 Å². The Hall–Kier alpha value is -2.07. The summed E-state index contributed by atoms with van der Waals surface area (Å²) >= 11 is 5.84. The van der Waals surface area contributed by atoms with Crippen LogP contribution in [0.3, 0.4) is 0 Å². The minimum absolute atomic E-state index is 0.431. The van der Waals surface area contributed by atoms with E-state index in [-0.39, 0.29) is 0 Å². The van der Waals surface area contributed by atoms with E-state index in [9.17, 15) is 0 Å². The highest BCUT2D eigenvalue weighted by Crippen LogP contribution is 2.28. The number of fused-ring (bicyclic) bond motifs is 1. The first-order valence-corrected chi connectivity index (χ1v) is 5.81. The zero-order valence-electron chi connectivity index (χ0n) is 9.64. The van der Waals surface area contributed by atoms with Gasteiger partial charge in [-0.05, 0) is 24.3 Å². The quantitative estimate of drug-likeness (QED) is 0.719. The number of benzene rings is 1. The van der Waals surface area contributed by atoms with Crippen molar-refractivity contribution in [1.29, 1.82) is 0 Å². The summed E-state index contributed by atoms with van der Waals surface area (Å²) < 4.78 is 5.31. The summed E-state index contributed by atoms with van der Waals surface area (Å²) in [5, 5.41) is 0.431. The van der Waals surface area contributed by atoms with Crippen LogP contribution in [-0.4, -0.2) is 22.1 Å². The van der Waals surface area contributed by atoms with Crippen LogP contribution in [-0.2, 0) is 0 Å². The van der Waals surface area contributed by atoms with Gasteiger partial charge in [0.15, 0.2) is 5.65 Å². The molecule has 0 spiro atoms. The number of ether oxygens (including phenoxy) is 1. The lowest BCUT2D eigenvalue weighted by atomic mass is 10.2. The fourth-order valence-corrected chi connectivity index (χ4v) is 1.98. The Bertz CT molecular complexity index is 708. The van der Waals surface area contributed by atoms with Crippen LogP contribution in [0, 0.1) is 0 Å². The molecule has 0 aliphatic rings. The van der Waals surface area contributed by atoms with Crippen LogP contribution in [0.4, 0.5) is 0 Å². The molecule has 0 saturated heterocycles. The van der Waals surface area contributed by atoms with Crippen LogP contribution < -0.4 is 4.74 Å². The molecule has 0 bridgehead atoms. The van der Waals surface area contributed by atoms with E-state index < -0.39 is 0 Å². The molecule has 0 saturated carbocycles. The van der Waals surface area contributed by atoms with Crippen LogP contribution >= 0.6 is 11.6 Å². The molecular formula is C13H10ClN3O. The minimum atomic E-state index is 0.431. The number of nitrogens with zero attached hydrogens (tertiary/aromatic N) is 2. The maximum absolute atomic E-state index is 5.84. The number of aromatic nitrogens is 3. The highest BCUT2D eigenvalue weighted by Gasteiger charge is 2.10. The van der Waals surface area contributed by atoms with Gasteiger partial charge in [-0.1, -0.05) is 23.7 Å². The second-order valence-electron chi connectivity index (χ2n) is 3.79. The lowest BCUT2D eigenvalue weighted by Gasteiger charge is -2.04. The van der Waals surface area contributed by atoms with E-state index >= 15 is 0 Å². The van der Waals surface area contributed by atoms with Gasteiger partial charge in [0.2, 0.25) is 0 Å². The largest absolute Gasteiger partial charge is 0.496 e. The van der Waals surface area contributed by atoms with Crippen molar-refractivity contribution < 1.29 is 4.74 Å². The van der Waals surface area contributed by atoms with Crippen molar-refractivity contribution in [2.45, 2.75) is 0 Å². The number of imidazole rings is 1. The van der Waals surface area contributed by atoms with Gasteiger partial charge in [0.1, 0.15) is 16.7 Å². The number of pyridine rings is 1. The second kappa shape index (κ2) is 4.31. The summed E-state index contributed by atoms with van der Waals surface area (Å²) in [6.45, 7) is 0. The van der Waals surface area contributed by atoms with Crippen molar-refractivity contribution in [2.75, 3.05) is 7.11 Å².